The van der Waals surface area contributed by atoms with Gasteiger partial charge in [0.05, 0.1) is 0 Å². The van der Waals surface area contributed by atoms with Crippen molar-refractivity contribution in [2.45, 2.75) is 26.7 Å². The Hall–Kier alpha value is -0.870. The molecule has 0 amide bonds. The molecule has 0 saturated heterocycles. The maximum atomic E-state index is 6.05. The van der Waals surface area contributed by atoms with Crippen molar-refractivity contribution in [3.8, 4) is 0 Å². The fourth-order valence-corrected chi connectivity index (χ4v) is 1.90. The van der Waals surface area contributed by atoms with Gasteiger partial charge in [-0.25, -0.2) is 9.97 Å². The Labute approximate surface area is 115 Å². The number of hydrogen-bond donors (Lipinski definition) is 0. The second-order valence-corrected chi connectivity index (χ2v) is 5.00. The van der Waals surface area contributed by atoms with Crippen LogP contribution in [0.3, 0.4) is 0 Å². The highest BCUT2D eigenvalue weighted by Crippen LogP contribution is 2.16. The van der Waals surface area contributed by atoms with Gasteiger partial charge in [-0.2, -0.15) is 0 Å². The van der Waals surface area contributed by atoms with Gasteiger partial charge in [0.1, 0.15) is 16.8 Å². The van der Waals surface area contributed by atoms with Crippen LogP contribution in [0.5, 0.6) is 0 Å². The lowest BCUT2D eigenvalue weighted by Crippen LogP contribution is -2.33. The molecule has 1 aromatic heterocycles. The average Bonchev–Trinajstić information content (AvgIpc) is 2.33. The van der Waals surface area contributed by atoms with Gasteiger partial charge in [-0.1, -0.05) is 25.4 Å². The van der Waals surface area contributed by atoms with Crippen molar-refractivity contribution < 1.29 is 0 Å². The van der Waals surface area contributed by atoms with Gasteiger partial charge in [-0.3, -0.25) is 0 Å². The first-order valence-corrected chi connectivity index (χ1v) is 6.87. The van der Waals surface area contributed by atoms with E-state index >= 15 is 0 Å². The van der Waals surface area contributed by atoms with E-state index in [1.807, 2.05) is 13.0 Å². The molecule has 1 rings (SSSR count). The highest BCUT2D eigenvalue weighted by Gasteiger charge is 2.10. The van der Waals surface area contributed by atoms with Crippen LogP contribution in [0.4, 0.5) is 5.82 Å². The summed E-state index contributed by atoms with van der Waals surface area (Å²) in [5.74, 6) is 1.75. The minimum Gasteiger partial charge on any atom is -0.355 e. The normalized spacial score (nSPS) is 11.0. The van der Waals surface area contributed by atoms with E-state index in [9.17, 15) is 0 Å². The maximum Gasteiger partial charge on any atom is 0.134 e. The van der Waals surface area contributed by atoms with E-state index < -0.39 is 0 Å². The third-order valence-corrected chi connectivity index (χ3v) is 2.87. The number of anilines is 1. The number of likely N-dealkylation sites (N-methyl/N-ethyl adjacent to an activating group) is 1. The van der Waals surface area contributed by atoms with Crippen LogP contribution >= 0.6 is 11.6 Å². The van der Waals surface area contributed by atoms with E-state index in [4.69, 9.17) is 11.6 Å². The van der Waals surface area contributed by atoms with Crippen LogP contribution in [-0.4, -0.2) is 48.6 Å². The molecule has 0 N–H and O–H groups in total. The SMILES string of the molecule is CCCN(CCN(C)C)c1cc(Cl)nc(CC)n1. The van der Waals surface area contributed by atoms with Gasteiger partial charge in [-0.15, -0.1) is 0 Å². The Morgan fingerprint density at radius 3 is 2.39 bits per heavy atom. The van der Waals surface area contributed by atoms with Gasteiger partial charge in [0.15, 0.2) is 0 Å². The van der Waals surface area contributed by atoms with E-state index in [0.717, 1.165) is 44.1 Å². The van der Waals surface area contributed by atoms with Crippen LogP contribution in [0, 0.1) is 0 Å². The zero-order chi connectivity index (χ0) is 13.5. The van der Waals surface area contributed by atoms with Gasteiger partial charge in [0.25, 0.3) is 0 Å². The van der Waals surface area contributed by atoms with E-state index in [-0.39, 0.29) is 0 Å². The molecule has 102 valence electrons. The quantitative estimate of drug-likeness (QED) is 0.713. The molecule has 0 fully saturated rings. The van der Waals surface area contributed by atoms with Crippen LogP contribution in [-0.2, 0) is 6.42 Å². The molecule has 1 aromatic rings. The van der Waals surface area contributed by atoms with Crippen LogP contribution in [0.15, 0.2) is 6.07 Å². The summed E-state index contributed by atoms with van der Waals surface area (Å²) in [6.07, 6.45) is 1.90. The minimum absolute atomic E-state index is 0.530. The van der Waals surface area contributed by atoms with Crippen molar-refractivity contribution >= 4 is 17.4 Å². The van der Waals surface area contributed by atoms with Gasteiger partial charge >= 0.3 is 0 Å². The Bertz CT molecular complexity index is 368. The molecule has 0 aromatic carbocycles. The summed E-state index contributed by atoms with van der Waals surface area (Å²) < 4.78 is 0. The molecule has 0 atom stereocenters. The summed E-state index contributed by atoms with van der Waals surface area (Å²) in [4.78, 5) is 13.2. The molecule has 0 bridgehead atoms. The van der Waals surface area contributed by atoms with Crippen molar-refractivity contribution in [3.63, 3.8) is 0 Å². The topological polar surface area (TPSA) is 32.3 Å². The summed E-state index contributed by atoms with van der Waals surface area (Å²) >= 11 is 6.05. The van der Waals surface area contributed by atoms with Gasteiger partial charge < -0.3 is 9.80 Å². The van der Waals surface area contributed by atoms with E-state index in [1.54, 1.807) is 0 Å². The highest BCUT2D eigenvalue weighted by molar-refractivity contribution is 6.29. The molecule has 0 radical (unpaired) electrons. The second kappa shape index (κ2) is 7.54. The number of nitrogens with zero attached hydrogens (tertiary/aromatic N) is 4. The molecule has 5 heteroatoms. The molecular weight excluding hydrogens is 248 g/mol. The predicted molar refractivity (Wildman–Crippen MR) is 77.5 cm³/mol. The third-order valence-electron chi connectivity index (χ3n) is 2.68. The van der Waals surface area contributed by atoms with Gasteiger partial charge in [0, 0.05) is 32.1 Å². The first-order valence-electron chi connectivity index (χ1n) is 6.50. The summed E-state index contributed by atoms with van der Waals surface area (Å²) in [6, 6.07) is 1.85. The second-order valence-electron chi connectivity index (χ2n) is 4.61. The number of rotatable bonds is 7. The van der Waals surface area contributed by atoms with Crippen molar-refractivity contribution in [1.82, 2.24) is 14.9 Å². The van der Waals surface area contributed by atoms with Crippen molar-refractivity contribution in [3.05, 3.63) is 17.0 Å². The lowest BCUT2D eigenvalue weighted by molar-refractivity contribution is 0.412. The van der Waals surface area contributed by atoms with Crippen LogP contribution in [0.25, 0.3) is 0 Å². The van der Waals surface area contributed by atoms with Gasteiger partial charge in [-0.05, 0) is 20.5 Å². The zero-order valence-corrected chi connectivity index (χ0v) is 12.5. The van der Waals surface area contributed by atoms with Crippen molar-refractivity contribution in [1.29, 1.82) is 0 Å². The van der Waals surface area contributed by atoms with E-state index in [1.165, 1.54) is 0 Å². The molecule has 0 aliphatic heterocycles. The average molecular weight is 271 g/mol. The van der Waals surface area contributed by atoms with Crippen molar-refractivity contribution in [2.24, 2.45) is 0 Å². The largest absolute Gasteiger partial charge is 0.355 e. The molecule has 0 spiro atoms. The first kappa shape index (κ1) is 15.2. The Balaban J connectivity index is 2.86. The van der Waals surface area contributed by atoms with E-state index in [0.29, 0.717) is 5.15 Å². The fourth-order valence-electron chi connectivity index (χ4n) is 1.70. The lowest BCUT2D eigenvalue weighted by atomic mass is 10.3. The summed E-state index contributed by atoms with van der Waals surface area (Å²) in [5, 5.41) is 0.530. The molecule has 18 heavy (non-hydrogen) atoms. The molecule has 0 unspecified atom stereocenters. The fraction of sp³-hybridized carbons (Fsp3) is 0.692. The lowest BCUT2D eigenvalue weighted by Gasteiger charge is -2.25. The zero-order valence-electron chi connectivity index (χ0n) is 11.8. The first-order chi connectivity index (χ1) is 8.56. The minimum atomic E-state index is 0.530. The van der Waals surface area contributed by atoms with Crippen LogP contribution in [0.2, 0.25) is 5.15 Å². The standard InChI is InChI=1S/C13H23ClN4/c1-5-7-18(9-8-17(3)4)13-10-11(14)15-12(6-2)16-13/h10H,5-9H2,1-4H3. The molecule has 0 saturated carbocycles. The number of hydrogen-bond acceptors (Lipinski definition) is 4. The molecule has 4 nitrogen and oxygen atoms in total. The monoisotopic (exact) mass is 270 g/mol. The number of aryl methyl sites for hydroxylation is 1. The molecule has 0 aliphatic rings. The Kier molecular flexibility index (Phi) is 6.36. The summed E-state index contributed by atoms with van der Waals surface area (Å²) in [5.41, 5.74) is 0. The maximum absolute atomic E-state index is 6.05. The Morgan fingerprint density at radius 2 is 1.83 bits per heavy atom. The third kappa shape index (κ3) is 4.78. The summed E-state index contributed by atoms with van der Waals surface area (Å²) in [6.45, 7) is 7.16. The van der Waals surface area contributed by atoms with Crippen LogP contribution in [0.1, 0.15) is 26.1 Å². The molecule has 0 aliphatic carbocycles. The Morgan fingerprint density at radius 1 is 1.11 bits per heavy atom. The predicted octanol–water partition coefficient (Wildman–Crippen LogP) is 2.47. The van der Waals surface area contributed by atoms with Crippen molar-refractivity contribution in [2.75, 3.05) is 38.6 Å². The smallest absolute Gasteiger partial charge is 0.134 e. The van der Waals surface area contributed by atoms with Crippen LogP contribution < -0.4 is 4.90 Å². The van der Waals surface area contributed by atoms with Gasteiger partial charge in [0.2, 0.25) is 0 Å². The van der Waals surface area contributed by atoms with E-state index in [2.05, 4.69) is 40.8 Å². The number of halogens is 1. The molecular formula is C13H23ClN4. The summed E-state index contributed by atoms with van der Waals surface area (Å²) in [7, 11) is 4.16. The number of aromatic nitrogens is 2. The highest BCUT2D eigenvalue weighted by atomic mass is 35.5. The molecule has 1 heterocycles.